The average Bonchev–Trinajstić information content (AvgIpc) is 2.36. The summed E-state index contributed by atoms with van der Waals surface area (Å²) in [5.74, 6) is 0.659. The molecule has 0 saturated heterocycles. The molecular weight excluding hydrogens is 278 g/mol. The highest BCUT2D eigenvalue weighted by Gasteiger charge is 2.26. The van der Waals surface area contributed by atoms with E-state index in [0.717, 1.165) is 11.4 Å². The summed E-state index contributed by atoms with van der Waals surface area (Å²) in [6, 6.07) is 8.50. The lowest BCUT2D eigenvalue weighted by Crippen LogP contribution is -2.44. The Labute approximate surface area is 133 Å². The Morgan fingerprint density at radius 3 is 1.95 bits per heavy atom. The molecule has 2 atom stereocenters. The SMILES string of the molecule is CCNC(CS(=O)c1ccc(C(C)(C)C)cc1)C(C)(C)C. The van der Waals surface area contributed by atoms with Gasteiger partial charge in [-0.05, 0) is 35.1 Å². The molecule has 1 aromatic carbocycles. The molecule has 1 rings (SSSR count). The number of hydrogen-bond donors (Lipinski definition) is 1. The van der Waals surface area contributed by atoms with Gasteiger partial charge < -0.3 is 5.32 Å². The van der Waals surface area contributed by atoms with Crippen LogP contribution in [0.15, 0.2) is 29.2 Å². The van der Waals surface area contributed by atoms with E-state index in [1.165, 1.54) is 5.56 Å². The van der Waals surface area contributed by atoms with E-state index in [1.54, 1.807) is 0 Å². The Hall–Kier alpha value is -0.670. The van der Waals surface area contributed by atoms with Crippen molar-refractivity contribution in [1.29, 1.82) is 0 Å². The van der Waals surface area contributed by atoms with E-state index < -0.39 is 10.8 Å². The highest BCUT2D eigenvalue weighted by molar-refractivity contribution is 7.85. The minimum absolute atomic E-state index is 0.108. The average molecular weight is 310 g/mol. The van der Waals surface area contributed by atoms with Gasteiger partial charge in [-0.25, -0.2) is 0 Å². The maximum Gasteiger partial charge on any atom is 0.0545 e. The van der Waals surface area contributed by atoms with E-state index in [1.807, 2.05) is 12.1 Å². The molecule has 0 radical (unpaired) electrons. The highest BCUT2D eigenvalue weighted by atomic mass is 32.2. The van der Waals surface area contributed by atoms with Crippen molar-refractivity contribution >= 4 is 10.8 Å². The monoisotopic (exact) mass is 309 g/mol. The van der Waals surface area contributed by atoms with Crippen molar-refractivity contribution < 1.29 is 4.21 Å². The molecule has 2 unspecified atom stereocenters. The first-order valence-electron chi connectivity index (χ1n) is 7.78. The maximum absolute atomic E-state index is 12.6. The van der Waals surface area contributed by atoms with E-state index in [-0.39, 0.29) is 16.9 Å². The molecule has 0 heterocycles. The molecule has 0 fully saturated rings. The first-order valence-corrected chi connectivity index (χ1v) is 9.10. The summed E-state index contributed by atoms with van der Waals surface area (Å²) in [6.07, 6.45) is 0. The lowest BCUT2D eigenvalue weighted by Gasteiger charge is -2.31. The normalized spacial score (nSPS) is 15.8. The fraction of sp³-hybridized carbons (Fsp3) is 0.667. The van der Waals surface area contributed by atoms with Gasteiger partial charge in [-0.1, -0.05) is 60.6 Å². The number of benzene rings is 1. The number of hydrogen-bond acceptors (Lipinski definition) is 2. The topological polar surface area (TPSA) is 29.1 Å². The van der Waals surface area contributed by atoms with Crippen LogP contribution in [0.25, 0.3) is 0 Å². The van der Waals surface area contributed by atoms with Crippen molar-refractivity contribution in [2.45, 2.75) is 64.8 Å². The Morgan fingerprint density at radius 1 is 1.05 bits per heavy atom. The Bertz CT molecular complexity index is 465. The molecule has 120 valence electrons. The van der Waals surface area contributed by atoms with Crippen LogP contribution in [-0.2, 0) is 16.2 Å². The molecule has 0 aromatic heterocycles. The van der Waals surface area contributed by atoms with Gasteiger partial charge in [0.15, 0.2) is 0 Å². The van der Waals surface area contributed by atoms with Gasteiger partial charge in [0.25, 0.3) is 0 Å². The fourth-order valence-corrected chi connectivity index (χ4v) is 3.77. The summed E-state index contributed by atoms with van der Waals surface area (Å²) in [7, 11) is -0.959. The highest BCUT2D eigenvalue weighted by Crippen LogP contribution is 2.25. The molecule has 2 nitrogen and oxygen atoms in total. The largest absolute Gasteiger partial charge is 0.313 e. The molecule has 0 spiro atoms. The third-order valence-corrected chi connectivity index (χ3v) is 5.23. The zero-order chi connectivity index (χ0) is 16.3. The summed E-state index contributed by atoms with van der Waals surface area (Å²) in [6.45, 7) is 16.2. The predicted molar refractivity (Wildman–Crippen MR) is 93.3 cm³/mol. The van der Waals surface area contributed by atoms with Crippen molar-refractivity contribution in [3.63, 3.8) is 0 Å². The van der Waals surface area contributed by atoms with Gasteiger partial charge in [0.05, 0.1) is 10.8 Å². The van der Waals surface area contributed by atoms with E-state index in [2.05, 4.69) is 65.9 Å². The van der Waals surface area contributed by atoms with Gasteiger partial charge in [-0.3, -0.25) is 4.21 Å². The molecule has 0 aliphatic heterocycles. The molecule has 0 aliphatic carbocycles. The van der Waals surface area contributed by atoms with Gasteiger partial charge >= 0.3 is 0 Å². The summed E-state index contributed by atoms with van der Waals surface area (Å²) in [5, 5.41) is 3.47. The molecule has 0 saturated carbocycles. The minimum atomic E-state index is -0.959. The van der Waals surface area contributed by atoms with E-state index in [4.69, 9.17) is 0 Å². The molecule has 0 bridgehead atoms. The second kappa shape index (κ2) is 7.06. The zero-order valence-electron chi connectivity index (χ0n) is 14.6. The van der Waals surface area contributed by atoms with Gasteiger partial charge in [0.2, 0.25) is 0 Å². The minimum Gasteiger partial charge on any atom is -0.313 e. The second-order valence-corrected chi connectivity index (χ2v) is 9.26. The summed E-state index contributed by atoms with van der Waals surface area (Å²) >= 11 is 0. The van der Waals surface area contributed by atoms with Crippen molar-refractivity contribution in [2.75, 3.05) is 12.3 Å². The maximum atomic E-state index is 12.6. The predicted octanol–water partition coefficient (Wildman–Crippen LogP) is 4.12. The second-order valence-electron chi connectivity index (χ2n) is 7.76. The van der Waals surface area contributed by atoms with E-state index in [0.29, 0.717) is 5.75 Å². The molecular formula is C18H31NOS. The van der Waals surface area contributed by atoms with Gasteiger partial charge in [-0.2, -0.15) is 0 Å². The molecule has 3 heteroatoms. The quantitative estimate of drug-likeness (QED) is 0.886. The van der Waals surface area contributed by atoms with Crippen molar-refractivity contribution in [3.8, 4) is 0 Å². The van der Waals surface area contributed by atoms with Gasteiger partial charge in [0.1, 0.15) is 0 Å². The lowest BCUT2D eigenvalue weighted by atomic mass is 9.87. The Kier molecular flexibility index (Phi) is 6.18. The Morgan fingerprint density at radius 2 is 1.57 bits per heavy atom. The zero-order valence-corrected chi connectivity index (χ0v) is 15.4. The first kappa shape index (κ1) is 18.4. The van der Waals surface area contributed by atoms with Crippen LogP contribution in [0.3, 0.4) is 0 Å². The summed E-state index contributed by atoms with van der Waals surface area (Å²) in [4.78, 5) is 0.926. The molecule has 0 amide bonds. The molecule has 21 heavy (non-hydrogen) atoms. The van der Waals surface area contributed by atoms with Crippen LogP contribution in [-0.4, -0.2) is 22.5 Å². The van der Waals surface area contributed by atoms with Crippen LogP contribution in [0.5, 0.6) is 0 Å². The van der Waals surface area contributed by atoms with Crippen LogP contribution in [0.1, 0.15) is 54.0 Å². The van der Waals surface area contributed by atoms with Crippen molar-refractivity contribution in [2.24, 2.45) is 5.41 Å². The van der Waals surface area contributed by atoms with E-state index in [9.17, 15) is 4.21 Å². The number of nitrogens with one attached hydrogen (secondary N) is 1. The molecule has 1 N–H and O–H groups in total. The van der Waals surface area contributed by atoms with Crippen LogP contribution >= 0.6 is 0 Å². The smallest absolute Gasteiger partial charge is 0.0545 e. The molecule has 1 aromatic rings. The summed E-state index contributed by atoms with van der Waals surface area (Å²) < 4.78 is 12.6. The lowest BCUT2D eigenvalue weighted by molar-refractivity contribution is 0.294. The standard InChI is InChI=1S/C18H31NOS/c1-8-19-16(18(5,6)7)13-21(20)15-11-9-14(10-12-15)17(2,3)4/h9-12,16,19H,8,13H2,1-7H3. The first-order chi connectivity index (χ1) is 9.55. The molecule has 0 aliphatic rings. The van der Waals surface area contributed by atoms with Crippen molar-refractivity contribution in [3.05, 3.63) is 29.8 Å². The number of rotatable bonds is 5. The Balaban J connectivity index is 2.84. The van der Waals surface area contributed by atoms with Gasteiger partial charge in [0, 0.05) is 16.7 Å². The fourth-order valence-electron chi connectivity index (χ4n) is 2.22. The third kappa shape index (κ3) is 5.55. The van der Waals surface area contributed by atoms with Crippen LogP contribution in [0.4, 0.5) is 0 Å². The van der Waals surface area contributed by atoms with Crippen LogP contribution in [0.2, 0.25) is 0 Å². The third-order valence-electron chi connectivity index (χ3n) is 3.80. The van der Waals surface area contributed by atoms with E-state index >= 15 is 0 Å². The summed E-state index contributed by atoms with van der Waals surface area (Å²) in [5.41, 5.74) is 1.52. The van der Waals surface area contributed by atoms with Crippen molar-refractivity contribution in [1.82, 2.24) is 5.32 Å². The van der Waals surface area contributed by atoms with Crippen LogP contribution < -0.4 is 5.32 Å². The van der Waals surface area contributed by atoms with Gasteiger partial charge in [-0.15, -0.1) is 0 Å². The van der Waals surface area contributed by atoms with Crippen LogP contribution in [0, 0.1) is 5.41 Å².